The van der Waals surface area contributed by atoms with Crippen molar-refractivity contribution >= 4 is 17.3 Å². The predicted molar refractivity (Wildman–Crippen MR) is 92.3 cm³/mol. The van der Waals surface area contributed by atoms with Crippen molar-refractivity contribution < 1.29 is 14.8 Å². The molecule has 0 aromatic heterocycles. The highest BCUT2D eigenvalue weighted by atomic mass is 16.6. The van der Waals surface area contributed by atoms with Crippen molar-refractivity contribution in [3.05, 3.63) is 69.8 Å². The number of benzene rings is 2. The van der Waals surface area contributed by atoms with Crippen molar-refractivity contribution in [1.29, 1.82) is 0 Å². The van der Waals surface area contributed by atoms with E-state index in [1.165, 1.54) is 6.07 Å². The molecule has 1 atom stereocenters. The molecule has 0 amide bonds. The van der Waals surface area contributed by atoms with Gasteiger partial charge in [0.15, 0.2) is 0 Å². The lowest BCUT2D eigenvalue weighted by Gasteiger charge is -2.16. The molecule has 0 saturated heterocycles. The number of hydrogen-bond acceptors (Lipinski definition) is 4. The van der Waals surface area contributed by atoms with Gasteiger partial charge < -0.3 is 10.4 Å². The molecule has 0 fully saturated rings. The van der Waals surface area contributed by atoms with Gasteiger partial charge in [-0.15, -0.1) is 0 Å². The number of carboxylic acids is 1. The number of para-hydroxylation sites is 1. The lowest BCUT2D eigenvalue weighted by Crippen LogP contribution is -2.18. The zero-order valence-corrected chi connectivity index (χ0v) is 13.4. The van der Waals surface area contributed by atoms with Crippen molar-refractivity contribution in [2.45, 2.75) is 32.2 Å². The maximum Gasteiger partial charge on any atom is 0.303 e. The third kappa shape index (κ3) is 5.08. The van der Waals surface area contributed by atoms with Gasteiger partial charge in [-0.25, -0.2) is 0 Å². The molecule has 2 aromatic carbocycles. The van der Waals surface area contributed by atoms with Crippen LogP contribution in [0, 0.1) is 10.1 Å². The van der Waals surface area contributed by atoms with E-state index in [2.05, 4.69) is 5.32 Å². The molecule has 0 aliphatic heterocycles. The maximum absolute atomic E-state index is 11.1. The van der Waals surface area contributed by atoms with Gasteiger partial charge in [0.1, 0.15) is 0 Å². The number of carbonyl (C=O) groups is 1. The van der Waals surface area contributed by atoms with Crippen LogP contribution in [0.5, 0.6) is 0 Å². The zero-order chi connectivity index (χ0) is 17.5. The first-order valence-corrected chi connectivity index (χ1v) is 7.75. The van der Waals surface area contributed by atoms with Crippen molar-refractivity contribution in [2.75, 3.05) is 5.32 Å². The Kier molecular flexibility index (Phi) is 5.89. The summed E-state index contributed by atoms with van der Waals surface area (Å²) in [6, 6.07) is 14.3. The Morgan fingerprint density at radius 2 is 2.00 bits per heavy atom. The second-order valence-electron chi connectivity index (χ2n) is 5.73. The summed E-state index contributed by atoms with van der Waals surface area (Å²) in [5, 5.41) is 23.1. The number of hydrogen-bond donors (Lipinski definition) is 2. The summed E-state index contributed by atoms with van der Waals surface area (Å²) in [7, 11) is 0. The second-order valence-corrected chi connectivity index (χ2v) is 5.73. The van der Waals surface area contributed by atoms with Gasteiger partial charge in [-0.2, -0.15) is 0 Å². The normalized spacial score (nSPS) is 11.7. The first kappa shape index (κ1) is 17.5. The van der Waals surface area contributed by atoms with Crippen LogP contribution in [0.4, 0.5) is 11.4 Å². The van der Waals surface area contributed by atoms with Crippen LogP contribution in [-0.4, -0.2) is 22.0 Å². The van der Waals surface area contributed by atoms with Gasteiger partial charge in [-0.1, -0.05) is 30.3 Å². The van der Waals surface area contributed by atoms with Gasteiger partial charge >= 0.3 is 5.97 Å². The highest BCUT2D eigenvalue weighted by Gasteiger charge is 2.15. The number of nitro groups is 1. The van der Waals surface area contributed by atoms with Gasteiger partial charge in [0.25, 0.3) is 5.69 Å². The van der Waals surface area contributed by atoms with E-state index >= 15 is 0 Å². The summed E-state index contributed by atoms with van der Waals surface area (Å²) >= 11 is 0. The molecule has 6 heteroatoms. The minimum Gasteiger partial charge on any atom is -0.481 e. The molecule has 126 valence electrons. The molecule has 0 saturated carbocycles. The number of rotatable bonds is 8. The summed E-state index contributed by atoms with van der Waals surface area (Å²) in [5.74, 6) is -0.821. The molecule has 2 aromatic rings. The Labute approximate surface area is 140 Å². The first-order chi connectivity index (χ1) is 11.5. The number of carboxylic acid groups (broad SMARTS) is 1. The van der Waals surface area contributed by atoms with Crippen LogP contribution in [0.3, 0.4) is 0 Å². The maximum atomic E-state index is 11.1. The Morgan fingerprint density at radius 1 is 1.25 bits per heavy atom. The predicted octanol–water partition coefficient (Wildman–Crippen LogP) is 3.66. The van der Waals surface area contributed by atoms with Crippen LogP contribution in [0.25, 0.3) is 0 Å². The third-order valence-electron chi connectivity index (χ3n) is 3.68. The fourth-order valence-electron chi connectivity index (χ4n) is 2.59. The molecule has 2 N–H and O–H groups in total. The van der Waals surface area contributed by atoms with E-state index < -0.39 is 5.97 Å². The minimum atomic E-state index is -0.821. The van der Waals surface area contributed by atoms with E-state index in [9.17, 15) is 14.9 Å². The van der Waals surface area contributed by atoms with Gasteiger partial charge in [0.2, 0.25) is 0 Å². The van der Waals surface area contributed by atoms with Gasteiger partial charge in [0, 0.05) is 29.8 Å². The van der Waals surface area contributed by atoms with Crippen molar-refractivity contribution in [3.63, 3.8) is 0 Å². The van der Waals surface area contributed by atoms with Gasteiger partial charge in [-0.05, 0) is 37.5 Å². The summed E-state index contributed by atoms with van der Waals surface area (Å²) in [5.41, 5.74) is 2.63. The van der Waals surface area contributed by atoms with Crippen molar-refractivity contribution in [1.82, 2.24) is 0 Å². The molecule has 0 bridgehead atoms. The molecule has 0 aliphatic carbocycles. The lowest BCUT2D eigenvalue weighted by molar-refractivity contribution is -0.385. The lowest BCUT2D eigenvalue weighted by atomic mass is 10.0. The minimum absolute atomic E-state index is 0.000763. The number of nitrogens with zero attached hydrogens (tertiary/aromatic N) is 1. The SMILES string of the molecule is CC(Cc1ccccc1[N+](=O)[O-])Nc1cccc(CCC(=O)O)c1. The third-order valence-corrected chi connectivity index (χ3v) is 3.68. The zero-order valence-electron chi connectivity index (χ0n) is 13.4. The Bertz CT molecular complexity index is 730. The highest BCUT2D eigenvalue weighted by molar-refractivity contribution is 5.67. The topological polar surface area (TPSA) is 92.5 Å². The fraction of sp³-hybridized carbons (Fsp3) is 0.278. The van der Waals surface area contributed by atoms with Crippen LogP contribution < -0.4 is 5.32 Å². The molecule has 1 unspecified atom stereocenters. The van der Waals surface area contributed by atoms with Gasteiger partial charge in [-0.3, -0.25) is 14.9 Å². The van der Waals surface area contributed by atoms with Gasteiger partial charge in [0.05, 0.1) is 4.92 Å². The molecule has 24 heavy (non-hydrogen) atoms. The van der Waals surface area contributed by atoms with E-state index in [1.807, 2.05) is 31.2 Å². The second kappa shape index (κ2) is 8.10. The average Bonchev–Trinajstić information content (AvgIpc) is 2.53. The van der Waals surface area contributed by atoms with E-state index in [-0.39, 0.29) is 23.1 Å². The van der Waals surface area contributed by atoms with E-state index in [1.54, 1.807) is 18.2 Å². The standard InChI is InChI=1S/C18H20N2O4/c1-13(11-15-6-2-3-8-17(15)20(23)24)19-16-7-4-5-14(12-16)9-10-18(21)22/h2-8,12-13,19H,9-11H2,1H3,(H,21,22). The summed E-state index contributed by atoms with van der Waals surface area (Å²) in [6.07, 6.45) is 1.09. The Hall–Kier alpha value is -2.89. The first-order valence-electron chi connectivity index (χ1n) is 7.75. The molecular formula is C18H20N2O4. The molecule has 0 radical (unpaired) electrons. The molecule has 0 aliphatic rings. The molecule has 6 nitrogen and oxygen atoms in total. The largest absolute Gasteiger partial charge is 0.481 e. The molecule has 0 heterocycles. The quantitative estimate of drug-likeness (QED) is 0.570. The molecule has 0 spiro atoms. The number of aliphatic carboxylic acids is 1. The Balaban J connectivity index is 2.02. The van der Waals surface area contributed by atoms with E-state index in [0.717, 1.165) is 11.3 Å². The van der Waals surface area contributed by atoms with Crippen molar-refractivity contribution in [2.24, 2.45) is 0 Å². The highest BCUT2D eigenvalue weighted by Crippen LogP contribution is 2.21. The monoisotopic (exact) mass is 328 g/mol. The number of nitro benzene ring substituents is 1. The summed E-state index contributed by atoms with van der Waals surface area (Å²) < 4.78 is 0. The smallest absolute Gasteiger partial charge is 0.303 e. The van der Waals surface area contributed by atoms with Crippen LogP contribution in [-0.2, 0) is 17.6 Å². The molecular weight excluding hydrogens is 308 g/mol. The fourth-order valence-corrected chi connectivity index (χ4v) is 2.59. The number of aryl methyl sites for hydroxylation is 1. The molecule has 2 rings (SSSR count). The van der Waals surface area contributed by atoms with Crippen LogP contribution in [0.1, 0.15) is 24.5 Å². The van der Waals surface area contributed by atoms with E-state index in [0.29, 0.717) is 18.4 Å². The van der Waals surface area contributed by atoms with Crippen molar-refractivity contribution in [3.8, 4) is 0 Å². The van der Waals surface area contributed by atoms with Crippen LogP contribution >= 0.6 is 0 Å². The number of nitrogens with one attached hydrogen (secondary N) is 1. The van der Waals surface area contributed by atoms with E-state index in [4.69, 9.17) is 5.11 Å². The summed E-state index contributed by atoms with van der Waals surface area (Å²) in [4.78, 5) is 21.4. The Morgan fingerprint density at radius 3 is 2.71 bits per heavy atom. The van der Waals surface area contributed by atoms with Crippen LogP contribution in [0.15, 0.2) is 48.5 Å². The van der Waals surface area contributed by atoms with Crippen LogP contribution in [0.2, 0.25) is 0 Å². The summed E-state index contributed by atoms with van der Waals surface area (Å²) in [6.45, 7) is 1.96. The number of anilines is 1. The average molecular weight is 328 g/mol.